The predicted molar refractivity (Wildman–Crippen MR) is 80.0 cm³/mol. The first kappa shape index (κ1) is 15.6. The van der Waals surface area contributed by atoms with Crippen molar-refractivity contribution in [3.63, 3.8) is 0 Å². The Hall–Kier alpha value is -0.740. The third kappa shape index (κ3) is 3.67. The fourth-order valence-electron chi connectivity index (χ4n) is 1.59. The molecule has 110 valence electrons. The molecule has 0 saturated carbocycles. The van der Waals surface area contributed by atoms with Gasteiger partial charge in [0.2, 0.25) is 10.0 Å². The van der Waals surface area contributed by atoms with Crippen molar-refractivity contribution in [2.24, 2.45) is 0 Å². The van der Waals surface area contributed by atoms with Crippen LogP contribution in [-0.2, 0) is 23.1 Å². The molecule has 0 spiro atoms. The highest BCUT2D eigenvalue weighted by Crippen LogP contribution is 2.31. The SMILES string of the molecule is CNCc1cc(S(=O)(=O)NCc2cc(C)no2)c(Br)s1. The number of thiophene rings is 1. The molecule has 0 saturated heterocycles. The molecule has 9 heteroatoms. The van der Waals surface area contributed by atoms with E-state index in [1.165, 1.54) is 11.3 Å². The molecule has 2 rings (SSSR count). The minimum atomic E-state index is -3.58. The molecule has 0 aliphatic rings. The lowest BCUT2D eigenvalue weighted by Crippen LogP contribution is -2.22. The van der Waals surface area contributed by atoms with Crippen molar-refractivity contribution in [3.8, 4) is 0 Å². The topological polar surface area (TPSA) is 84.2 Å². The lowest BCUT2D eigenvalue weighted by Gasteiger charge is -2.03. The van der Waals surface area contributed by atoms with E-state index in [1.54, 1.807) is 19.1 Å². The molecule has 6 nitrogen and oxygen atoms in total. The summed E-state index contributed by atoms with van der Waals surface area (Å²) in [6.07, 6.45) is 0. The van der Waals surface area contributed by atoms with Crippen LogP contribution in [0.5, 0.6) is 0 Å². The maximum absolute atomic E-state index is 12.2. The Morgan fingerprint density at radius 2 is 2.15 bits per heavy atom. The normalized spacial score (nSPS) is 11.9. The Kier molecular flexibility index (Phi) is 4.97. The fourth-order valence-corrected chi connectivity index (χ4v) is 5.27. The van der Waals surface area contributed by atoms with Gasteiger partial charge in [-0.1, -0.05) is 5.16 Å². The van der Waals surface area contributed by atoms with Gasteiger partial charge in [-0.15, -0.1) is 11.3 Å². The van der Waals surface area contributed by atoms with Crippen molar-refractivity contribution in [3.05, 3.63) is 32.3 Å². The minimum absolute atomic E-state index is 0.0762. The number of hydrogen-bond acceptors (Lipinski definition) is 6. The molecule has 0 bridgehead atoms. The van der Waals surface area contributed by atoms with E-state index in [1.807, 2.05) is 7.05 Å². The monoisotopic (exact) mass is 379 g/mol. The van der Waals surface area contributed by atoms with Crippen molar-refractivity contribution in [2.45, 2.75) is 24.9 Å². The highest BCUT2D eigenvalue weighted by Gasteiger charge is 2.21. The van der Waals surface area contributed by atoms with Crippen LogP contribution in [0.15, 0.2) is 25.3 Å². The minimum Gasteiger partial charge on any atom is -0.360 e. The molecule has 0 aromatic carbocycles. The summed E-state index contributed by atoms with van der Waals surface area (Å²) < 4.78 is 32.5. The van der Waals surface area contributed by atoms with Crippen molar-refractivity contribution in [1.82, 2.24) is 15.2 Å². The van der Waals surface area contributed by atoms with E-state index in [-0.39, 0.29) is 11.4 Å². The Bertz CT molecular complexity index is 694. The van der Waals surface area contributed by atoms with Crippen LogP contribution in [0, 0.1) is 6.92 Å². The highest BCUT2D eigenvalue weighted by atomic mass is 79.9. The zero-order chi connectivity index (χ0) is 14.8. The number of nitrogens with one attached hydrogen (secondary N) is 2. The van der Waals surface area contributed by atoms with Crippen LogP contribution < -0.4 is 10.0 Å². The zero-order valence-electron chi connectivity index (χ0n) is 10.9. The van der Waals surface area contributed by atoms with E-state index in [0.29, 0.717) is 21.8 Å². The Balaban J connectivity index is 2.13. The number of halogens is 1. The summed E-state index contributed by atoms with van der Waals surface area (Å²) in [4.78, 5) is 1.18. The molecule has 0 fully saturated rings. The maximum atomic E-state index is 12.2. The average molecular weight is 380 g/mol. The number of rotatable bonds is 6. The van der Waals surface area contributed by atoms with E-state index >= 15 is 0 Å². The quantitative estimate of drug-likeness (QED) is 0.801. The van der Waals surface area contributed by atoms with Crippen LogP contribution in [0.2, 0.25) is 0 Å². The molecule has 0 radical (unpaired) electrons. The zero-order valence-corrected chi connectivity index (χ0v) is 14.2. The average Bonchev–Trinajstić information content (AvgIpc) is 2.94. The summed E-state index contributed by atoms with van der Waals surface area (Å²) in [6.45, 7) is 2.48. The van der Waals surface area contributed by atoms with Gasteiger partial charge < -0.3 is 9.84 Å². The third-order valence-electron chi connectivity index (χ3n) is 2.46. The largest absolute Gasteiger partial charge is 0.360 e. The number of hydrogen-bond donors (Lipinski definition) is 2. The number of sulfonamides is 1. The van der Waals surface area contributed by atoms with Gasteiger partial charge in [0.1, 0.15) is 4.90 Å². The summed E-state index contributed by atoms with van der Waals surface area (Å²) >= 11 is 4.68. The first-order chi connectivity index (χ1) is 9.42. The summed E-state index contributed by atoms with van der Waals surface area (Å²) in [5.41, 5.74) is 0.715. The lowest BCUT2D eigenvalue weighted by atomic mass is 10.4. The molecule has 0 aliphatic carbocycles. The molecular formula is C11H14BrN3O3S2. The van der Waals surface area contributed by atoms with E-state index in [2.05, 4.69) is 31.1 Å². The Morgan fingerprint density at radius 3 is 2.75 bits per heavy atom. The van der Waals surface area contributed by atoms with Crippen LogP contribution in [0.3, 0.4) is 0 Å². The van der Waals surface area contributed by atoms with Gasteiger partial charge in [0.05, 0.1) is 16.0 Å². The van der Waals surface area contributed by atoms with Gasteiger partial charge in [-0.3, -0.25) is 0 Å². The second-order valence-corrected chi connectivity index (χ2v) is 8.33. The molecule has 20 heavy (non-hydrogen) atoms. The summed E-state index contributed by atoms with van der Waals surface area (Å²) in [5, 5.41) is 6.70. The Labute approximate surface area is 129 Å². The molecule has 2 N–H and O–H groups in total. The lowest BCUT2D eigenvalue weighted by molar-refractivity contribution is 0.377. The van der Waals surface area contributed by atoms with Crippen molar-refractivity contribution in [1.29, 1.82) is 0 Å². The fraction of sp³-hybridized carbons (Fsp3) is 0.364. The highest BCUT2D eigenvalue weighted by molar-refractivity contribution is 9.11. The molecule has 2 aromatic heterocycles. The van der Waals surface area contributed by atoms with Crippen LogP contribution in [-0.4, -0.2) is 20.6 Å². The van der Waals surface area contributed by atoms with E-state index in [9.17, 15) is 8.42 Å². The molecule has 0 aliphatic heterocycles. The van der Waals surface area contributed by atoms with Gasteiger partial charge >= 0.3 is 0 Å². The summed E-state index contributed by atoms with van der Waals surface area (Å²) in [7, 11) is -1.77. The molecule has 2 heterocycles. The van der Waals surface area contributed by atoms with Crippen LogP contribution in [0.1, 0.15) is 16.3 Å². The van der Waals surface area contributed by atoms with Gasteiger partial charge in [-0.05, 0) is 36.0 Å². The van der Waals surface area contributed by atoms with E-state index in [4.69, 9.17) is 4.52 Å². The van der Waals surface area contributed by atoms with Gasteiger partial charge in [-0.25, -0.2) is 13.1 Å². The number of nitrogens with zero attached hydrogens (tertiary/aromatic N) is 1. The number of aryl methyl sites for hydroxylation is 1. The van der Waals surface area contributed by atoms with E-state index < -0.39 is 10.0 Å². The van der Waals surface area contributed by atoms with Crippen LogP contribution >= 0.6 is 27.3 Å². The van der Waals surface area contributed by atoms with Crippen molar-refractivity contribution < 1.29 is 12.9 Å². The van der Waals surface area contributed by atoms with Gasteiger partial charge in [-0.2, -0.15) is 0 Å². The second-order valence-electron chi connectivity index (χ2n) is 4.14. The van der Waals surface area contributed by atoms with Crippen molar-refractivity contribution >= 4 is 37.3 Å². The first-order valence-corrected chi connectivity index (χ1v) is 8.86. The van der Waals surface area contributed by atoms with E-state index in [0.717, 1.165) is 4.88 Å². The maximum Gasteiger partial charge on any atom is 0.242 e. The molecule has 0 amide bonds. The van der Waals surface area contributed by atoms with Gasteiger partial charge in [0.25, 0.3) is 0 Å². The molecule has 0 unspecified atom stereocenters. The predicted octanol–water partition coefficient (Wildman–Crippen LogP) is 2.00. The van der Waals surface area contributed by atoms with Crippen LogP contribution in [0.25, 0.3) is 0 Å². The number of aromatic nitrogens is 1. The summed E-state index contributed by atoms with van der Waals surface area (Å²) in [6, 6.07) is 3.34. The molecular weight excluding hydrogens is 366 g/mol. The second kappa shape index (κ2) is 6.35. The van der Waals surface area contributed by atoms with Gasteiger partial charge in [0, 0.05) is 17.5 Å². The van der Waals surface area contributed by atoms with Crippen molar-refractivity contribution in [2.75, 3.05) is 7.05 Å². The Morgan fingerprint density at radius 1 is 1.40 bits per heavy atom. The molecule has 0 atom stereocenters. The third-order valence-corrected chi connectivity index (χ3v) is 6.11. The smallest absolute Gasteiger partial charge is 0.242 e. The molecule has 2 aromatic rings. The standard InChI is InChI=1S/C11H14BrN3O3S2/c1-7-3-8(18-15-7)5-14-20(16,17)10-4-9(6-13-2)19-11(10)12/h3-4,13-14H,5-6H2,1-2H3. The summed E-state index contributed by atoms with van der Waals surface area (Å²) in [5.74, 6) is 0.480. The van der Waals surface area contributed by atoms with Crippen LogP contribution in [0.4, 0.5) is 0 Å². The first-order valence-electron chi connectivity index (χ1n) is 5.77. The van der Waals surface area contributed by atoms with Gasteiger partial charge in [0.15, 0.2) is 5.76 Å².